The summed E-state index contributed by atoms with van der Waals surface area (Å²) >= 11 is 1.49. The van der Waals surface area contributed by atoms with Gasteiger partial charge in [0.15, 0.2) is 5.82 Å². The van der Waals surface area contributed by atoms with Crippen molar-refractivity contribution in [2.45, 2.75) is 32.1 Å². The first-order chi connectivity index (χ1) is 8.78. The number of thiophene rings is 1. The Bertz CT molecular complexity index is 571. The highest BCUT2D eigenvalue weighted by atomic mass is 32.1. The van der Waals surface area contributed by atoms with E-state index in [1.165, 1.54) is 11.3 Å². The van der Waals surface area contributed by atoms with Crippen LogP contribution in [0.1, 0.15) is 37.9 Å². The molecule has 3 rings (SSSR count). The summed E-state index contributed by atoms with van der Waals surface area (Å²) < 4.78 is 5.26. The predicted octanol–water partition coefficient (Wildman–Crippen LogP) is 3.02. The molecule has 0 radical (unpaired) electrons. The molecule has 2 heterocycles. The first kappa shape index (κ1) is 11.4. The largest absolute Gasteiger partial charge is 0.333 e. The Morgan fingerprint density at radius 3 is 3.17 bits per heavy atom. The van der Waals surface area contributed by atoms with E-state index < -0.39 is 0 Å². The summed E-state index contributed by atoms with van der Waals surface area (Å²) in [7, 11) is 0. The van der Waals surface area contributed by atoms with Gasteiger partial charge in [0.2, 0.25) is 5.91 Å². The van der Waals surface area contributed by atoms with Crippen LogP contribution >= 0.6 is 11.3 Å². The molecule has 5 nitrogen and oxygen atoms in total. The fourth-order valence-corrected chi connectivity index (χ4v) is 2.42. The maximum Gasteiger partial charge on any atom is 0.270 e. The molecule has 1 saturated carbocycles. The highest BCUT2D eigenvalue weighted by Gasteiger charge is 2.29. The van der Waals surface area contributed by atoms with Gasteiger partial charge in [0, 0.05) is 12.3 Å². The van der Waals surface area contributed by atoms with Gasteiger partial charge < -0.3 is 9.84 Å². The van der Waals surface area contributed by atoms with E-state index in [-0.39, 0.29) is 5.91 Å². The van der Waals surface area contributed by atoms with Crippen molar-refractivity contribution in [3.8, 4) is 10.8 Å². The van der Waals surface area contributed by atoms with E-state index >= 15 is 0 Å². The normalized spacial score (nSPS) is 14.7. The summed E-state index contributed by atoms with van der Waals surface area (Å²) in [5, 5.41) is 8.72. The molecule has 0 unspecified atom stereocenters. The average molecular weight is 263 g/mol. The molecular weight excluding hydrogens is 250 g/mol. The van der Waals surface area contributed by atoms with Crippen molar-refractivity contribution in [3.05, 3.63) is 17.3 Å². The molecule has 1 amide bonds. The van der Waals surface area contributed by atoms with Crippen molar-refractivity contribution in [2.75, 3.05) is 5.32 Å². The highest BCUT2D eigenvalue weighted by molar-refractivity contribution is 7.14. The van der Waals surface area contributed by atoms with E-state index in [9.17, 15) is 4.79 Å². The first-order valence-corrected chi connectivity index (χ1v) is 6.87. The lowest BCUT2D eigenvalue weighted by molar-refractivity contribution is -0.115. The lowest BCUT2D eigenvalue weighted by Gasteiger charge is -2.01. The number of hydrogen-bond donors (Lipinski definition) is 1. The van der Waals surface area contributed by atoms with Gasteiger partial charge in [-0.25, -0.2) is 0 Å². The third-order valence-corrected chi connectivity index (χ3v) is 3.74. The Morgan fingerprint density at radius 2 is 2.44 bits per heavy atom. The average Bonchev–Trinajstić information content (AvgIpc) is 2.94. The molecule has 1 fully saturated rings. The first-order valence-electron chi connectivity index (χ1n) is 5.99. The number of nitrogens with zero attached hydrogens (tertiary/aromatic N) is 2. The van der Waals surface area contributed by atoms with Crippen LogP contribution < -0.4 is 5.32 Å². The predicted molar refractivity (Wildman–Crippen MR) is 68.5 cm³/mol. The summed E-state index contributed by atoms with van der Waals surface area (Å²) in [6.45, 7) is 1.82. The van der Waals surface area contributed by atoms with Crippen LogP contribution in [0.2, 0.25) is 0 Å². The minimum absolute atomic E-state index is 0.0171. The Hall–Kier alpha value is -1.69. The van der Waals surface area contributed by atoms with Crippen LogP contribution in [0.3, 0.4) is 0 Å². The van der Waals surface area contributed by atoms with Gasteiger partial charge in [0.25, 0.3) is 5.89 Å². The Labute approximate surface area is 108 Å². The molecule has 94 valence electrons. The second-order valence-electron chi connectivity index (χ2n) is 4.30. The number of hydrogen-bond acceptors (Lipinski definition) is 5. The van der Waals surface area contributed by atoms with E-state index in [2.05, 4.69) is 15.5 Å². The fourth-order valence-electron chi connectivity index (χ4n) is 1.65. The van der Waals surface area contributed by atoms with Crippen molar-refractivity contribution in [3.63, 3.8) is 0 Å². The molecule has 1 aliphatic rings. The molecule has 0 bridgehead atoms. The number of aromatic nitrogens is 2. The van der Waals surface area contributed by atoms with Gasteiger partial charge in [0.05, 0.1) is 5.69 Å². The van der Waals surface area contributed by atoms with Crippen LogP contribution in [0.4, 0.5) is 5.69 Å². The zero-order chi connectivity index (χ0) is 12.5. The number of anilines is 1. The number of carbonyl (C=O) groups excluding carboxylic acids is 1. The molecule has 0 aromatic carbocycles. The second kappa shape index (κ2) is 4.53. The lowest BCUT2D eigenvalue weighted by atomic mass is 10.3. The van der Waals surface area contributed by atoms with Crippen LogP contribution in [0.5, 0.6) is 0 Å². The van der Waals surface area contributed by atoms with Gasteiger partial charge in [-0.1, -0.05) is 12.1 Å². The number of nitrogens with one attached hydrogen (secondary N) is 1. The summed E-state index contributed by atoms with van der Waals surface area (Å²) in [5.41, 5.74) is 0.748. The van der Waals surface area contributed by atoms with E-state index in [0.717, 1.165) is 29.2 Å². The topological polar surface area (TPSA) is 68.0 Å². The number of amides is 1. The van der Waals surface area contributed by atoms with Crippen molar-refractivity contribution < 1.29 is 9.32 Å². The van der Waals surface area contributed by atoms with Crippen LogP contribution in [-0.4, -0.2) is 16.0 Å². The summed E-state index contributed by atoms with van der Waals surface area (Å²) in [6.07, 6.45) is 2.73. The molecule has 0 aliphatic heterocycles. The van der Waals surface area contributed by atoms with E-state index in [0.29, 0.717) is 18.2 Å². The minimum Gasteiger partial charge on any atom is -0.333 e. The molecule has 0 atom stereocenters. The standard InChI is InChI=1S/C12H13N3O2S/c1-2-9(16)13-8-5-6-18-10(8)12-14-11(15-17-12)7-3-4-7/h5-7H,2-4H2,1H3,(H,13,16). The fraction of sp³-hybridized carbons (Fsp3) is 0.417. The molecule has 0 saturated heterocycles. The van der Waals surface area contributed by atoms with Crippen molar-refractivity contribution in [1.82, 2.24) is 10.1 Å². The van der Waals surface area contributed by atoms with Gasteiger partial charge in [-0.05, 0) is 24.3 Å². The SMILES string of the molecule is CCC(=O)Nc1ccsc1-c1nc(C2CC2)no1. The van der Waals surface area contributed by atoms with Gasteiger partial charge in [0.1, 0.15) is 4.88 Å². The maximum absolute atomic E-state index is 11.4. The van der Waals surface area contributed by atoms with E-state index in [1.54, 1.807) is 0 Å². The van der Waals surface area contributed by atoms with Crippen molar-refractivity contribution in [1.29, 1.82) is 0 Å². The van der Waals surface area contributed by atoms with Crippen molar-refractivity contribution >= 4 is 22.9 Å². The zero-order valence-electron chi connectivity index (χ0n) is 9.97. The van der Waals surface area contributed by atoms with Gasteiger partial charge in [-0.15, -0.1) is 11.3 Å². The van der Waals surface area contributed by atoms with Crippen LogP contribution in [0.25, 0.3) is 10.8 Å². The lowest BCUT2D eigenvalue weighted by Crippen LogP contribution is -2.09. The van der Waals surface area contributed by atoms with E-state index in [1.807, 2.05) is 18.4 Å². The van der Waals surface area contributed by atoms with Gasteiger partial charge in [-0.3, -0.25) is 4.79 Å². The molecule has 2 aromatic rings. The van der Waals surface area contributed by atoms with Crippen LogP contribution in [0.15, 0.2) is 16.0 Å². The zero-order valence-corrected chi connectivity index (χ0v) is 10.8. The molecule has 0 spiro atoms. The Kier molecular flexibility index (Phi) is 2.87. The summed E-state index contributed by atoms with van der Waals surface area (Å²) in [5.74, 6) is 1.73. The molecule has 2 aromatic heterocycles. The number of rotatable bonds is 4. The third-order valence-electron chi connectivity index (χ3n) is 2.84. The molecule has 1 aliphatic carbocycles. The Balaban J connectivity index is 1.86. The second-order valence-corrected chi connectivity index (χ2v) is 5.21. The van der Waals surface area contributed by atoms with Crippen LogP contribution in [-0.2, 0) is 4.79 Å². The highest BCUT2D eigenvalue weighted by Crippen LogP contribution is 2.40. The molecule has 18 heavy (non-hydrogen) atoms. The molecule has 6 heteroatoms. The quantitative estimate of drug-likeness (QED) is 0.920. The smallest absolute Gasteiger partial charge is 0.270 e. The van der Waals surface area contributed by atoms with Gasteiger partial charge in [-0.2, -0.15) is 4.98 Å². The summed E-state index contributed by atoms with van der Waals surface area (Å²) in [6, 6.07) is 1.86. The third kappa shape index (κ3) is 2.15. The monoisotopic (exact) mass is 263 g/mol. The molecular formula is C12H13N3O2S. The summed E-state index contributed by atoms with van der Waals surface area (Å²) in [4.78, 5) is 16.6. The van der Waals surface area contributed by atoms with E-state index in [4.69, 9.17) is 4.52 Å². The van der Waals surface area contributed by atoms with Gasteiger partial charge >= 0.3 is 0 Å². The number of carbonyl (C=O) groups is 1. The maximum atomic E-state index is 11.4. The molecule has 1 N–H and O–H groups in total. The minimum atomic E-state index is -0.0171. The van der Waals surface area contributed by atoms with Crippen LogP contribution in [0, 0.1) is 0 Å². The Morgan fingerprint density at radius 1 is 1.61 bits per heavy atom. The van der Waals surface area contributed by atoms with Crippen molar-refractivity contribution in [2.24, 2.45) is 0 Å².